The number of carbonyl (C=O) groups excluding carboxylic acids is 1. The summed E-state index contributed by atoms with van der Waals surface area (Å²) in [6.07, 6.45) is 0.362. The number of carbonyl (C=O) groups is 1. The lowest BCUT2D eigenvalue weighted by Crippen LogP contribution is -2.54. The third-order valence-corrected chi connectivity index (χ3v) is 4.60. The first kappa shape index (κ1) is 20.5. The molecule has 144 valence electrons. The molecule has 1 fully saturated rings. The van der Waals surface area contributed by atoms with Crippen LogP contribution in [0.4, 0.5) is 11.5 Å². The highest BCUT2D eigenvalue weighted by molar-refractivity contribution is 5.77. The van der Waals surface area contributed by atoms with Crippen LogP contribution in [0.15, 0.2) is 11.2 Å². The van der Waals surface area contributed by atoms with Gasteiger partial charge in [0, 0.05) is 37.7 Å². The molecule has 0 aromatic carbocycles. The minimum absolute atomic E-state index is 0.00393. The summed E-state index contributed by atoms with van der Waals surface area (Å²) >= 11 is 0. The van der Waals surface area contributed by atoms with E-state index >= 15 is 0 Å². The summed E-state index contributed by atoms with van der Waals surface area (Å²) in [5, 5.41) is 13.2. The van der Waals surface area contributed by atoms with E-state index in [0.717, 1.165) is 0 Å². The second kappa shape index (κ2) is 9.21. The number of nitriles is 1. The quantitative estimate of drug-likeness (QED) is 0.432. The number of anilines is 1. The molecule has 1 aliphatic rings. The van der Waals surface area contributed by atoms with Crippen molar-refractivity contribution in [2.24, 2.45) is 5.11 Å². The van der Waals surface area contributed by atoms with Gasteiger partial charge in [0.25, 0.3) is 0 Å². The van der Waals surface area contributed by atoms with Crippen molar-refractivity contribution in [2.75, 3.05) is 38.3 Å². The van der Waals surface area contributed by atoms with Gasteiger partial charge in [-0.25, -0.2) is 4.98 Å². The number of piperazine rings is 1. The fourth-order valence-corrected chi connectivity index (χ4v) is 3.24. The largest absolute Gasteiger partial charge is 0.384 e. The molecular formula is C18H25N7O2. The van der Waals surface area contributed by atoms with E-state index in [-0.39, 0.29) is 17.9 Å². The number of azide groups is 1. The average molecular weight is 371 g/mol. The number of methoxy groups -OCH3 is 1. The number of amides is 1. The normalized spacial score (nSPS) is 16.8. The van der Waals surface area contributed by atoms with Gasteiger partial charge in [0.15, 0.2) is 0 Å². The van der Waals surface area contributed by atoms with Crippen LogP contribution in [0.3, 0.4) is 0 Å². The van der Waals surface area contributed by atoms with Crippen molar-refractivity contribution in [2.45, 2.75) is 39.2 Å². The number of pyridine rings is 1. The predicted molar refractivity (Wildman–Crippen MR) is 102 cm³/mol. The molecule has 9 nitrogen and oxygen atoms in total. The van der Waals surface area contributed by atoms with Gasteiger partial charge < -0.3 is 14.5 Å². The Hall–Kier alpha value is -2.82. The minimum Gasteiger partial charge on any atom is -0.384 e. The molecule has 0 bridgehead atoms. The van der Waals surface area contributed by atoms with Gasteiger partial charge in [0.1, 0.15) is 11.9 Å². The van der Waals surface area contributed by atoms with Crippen molar-refractivity contribution in [1.29, 1.82) is 5.26 Å². The number of hydrogen-bond donors (Lipinski definition) is 0. The monoisotopic (exact) mass is 371 g/mol. The Labute approximate surface area is 159 Å². The molecule has 27 heavy (non-hydrogen) atoms. The summed E-state index contributed by atoms with van der Waals surface area (Å²) in [5.74, 6) is 0.694. The van der Waals surface area contributed by atoms with Crippen molar-refractivity contribution >= 4 is 17.4 Å². The van der Waals surface area contributed by atoms with E-state index in [1.165, 1.54) is 0 Å². The van der Waals surface area contributed by atoms with Crippen LogP contribution in [0.2, 0.25) is 0 Å². The molecule has 0 saturated carbocycles. The van der Waals surface area contributed by atoms with E-state index in [1.54, 1.807) is 13.2 Å². The van der Waals surface area contributed by atoms with Gasteiger partial charge in [-0.05, 0) is 24.4 Å². The zero-order valence-corrected chi connectivity index (χ0v) is 16.2. The molecule has 0 N–H and O–H groups in total. The molecule has 1 atom stereocenters. The zero-order chi connectivity index (χ0) is 20.0. The lowest BCUT2D eigenvalue weighted by Gasteiger charge is -2.41. The first-order valence-electron chi connectivity index (χ1n) is 8.96. The first-order valence-corrected chi connectivity index (χ1v) is 8.96. The van der Waals surface area contributed by atoms with Crippen LogP contribution in [0.1, 0.15) is 44.4 Å². The maximum absolute atomic E-state index is 12.3. The van der Waals surface area contributed by atoms with Crippen LogP contribution in [-0.2, 0) is 9.53 Å². The second-order valence-corrected chi connectivity index (χ2v) is 6.84. The van der Waals surface area contributed by atoms with Crippen molar-refractivity contribution in [1.82, 2.24) is 9.88 Å². The molecule has 1 amide bonds. The lowest BCUT2D eigenvalue weighted by molar-refractivity contribution is -0.134. The zero-order valence-electron chi connectivity index (χ0n) is 16.2. The van der Waals surface area contributed by atoms with Gasteiger partial charge in [0.2, 0.25) is 5.91 Å². The maximum Gasteiger partial charge on any atom is 0.225 e. The topological polar surface area (TPSA) is 118 Å². The van der Waals surface area contributed by atoms with Crippen LogP contribution >= 0.6 is 0 Å². The molecule has 9 heteroatoms. The molecule has 1 aromatic rings. The number of ether oxygens (including phenoxy) is 1. The van der Waals surface area contributed by atoms with Crippen LogP contribution in [-0.4, -0.2) is 55.2 Å². The number of hydrogen-bond acceptors (Lipinski definition) is 6. The third-order valence-electron chi connectivity index (χ3n) is 4.60. The Kier molecular flexibility index (Phi) is 6.99. The Morgan fingerprint density at radius 2 is 2.30 bits per heavy atom. The molecule has 0 aliphatic carbocycles. The SMILES string of the molecule is COCCC(=O)N1CCN(c2nc(C(C)C)c(N=[N+]=[N-])cc2C#N)CC1C. The Balaban J connectivity index is 2.29. The summed E-state index contributed by atoms with van der Waals surface area (Å²) in [6.45, 7) is 8.05. The van der Waals surface area contributed by atoms with Gasteiger partial charge >= 0.3 is 0 Å². The molecule has 1 aromatic heterocycles. The van der Waals surface area contributed by atoms with Crippen molar-refractivity contribution < 1.29 is 9.53 Å². The van der Waals surface area contributed by atoms with E-state index in [4.69, 9.17) is 10.3 Å². The standard InChI is InChI=1S/C18H25N7O2/c1-12(2)17-15(22-23-20)9-14(10-19)18(21-17)24-6-7-25(13(3)11-24)16(26)5-8-27-4/h9,12-13H,5-8,11H2,1-4H3. The van der Waals surface area contributed by atoms with Crippen molar-refractivity contribution in [3.63, 3.8) is 0 Å². The summed E-state index contributed by atoms with van der Waals surface area (Å²) < 4.78 is 4.99. The smallest absolute Gasteiger partial charge is 0.225 e. The summed E-state index contributed by atoms with van der Waals surface area (Å²) in [4.78, 5) is 23.7. The van der Waals surface area contributed by atoms with Gasteiger partial charge in [-0.1, -0.05) is 19.0 Å². The summed E-state index contributed by atoms with van der Waals surface area (Å²) in [6, 6.07) is 3.74. The average Bonchev–Trinajstić information content (AvgIpc) is 2.65. The van der Waals surface area contributed by atoms with Crippen LogP contribution in [0, 0.1) is 11.3 Å². The molecular weight excluding hydrogens is 346 g/mol. The molecule has 1 unspecified atom stereocenters. The Morgan fingerprint density at radius 3 is 2.85 bits per heavy atom. The van der Waals surface area contributed by atoms with Crippen LogP contribution in [0.5, 0.6) is 0 Å². The van der Waals surface area contributed by atoms with E-state index < -0.39 is 0 Å². The number of aromatic nitrogens is 1. The summed E-state index contributed by atoms with van der Waals surface area (Å²) in [5.41, 5.74) is 10.2. The summed E-state index contributed by atoms with van der Waals surface area (Å²) in [7, 11) is 1.58. The van der Waals surface area contributed by atoms with Gasteiger partial charge in [-0.3, -0.25) is 4.79 Å². The van der Waals surface area contributed by atoms with Gasteiger partial charge in [0.05, 0.1) is 30.0 Å². The van der Waals surface area contributed by atoms with E-state index in [9.17, 15) is 10.1 Å². The van der Waals surface area contributed by atoms with E-state index in [1.807, 2.05) is 30.6 Å². The predicted octanol–water partition coefficient (Wildman–Crippen LogP) is 3.09. The first-order chi connectivity index (χ1) is 12.9. The van der Waals surface area contributed by atoms with Crippen molar-refractivity contribution in [3.05, 3.63) is 27.8 Å². The van der Waals surface area contributed by atoms with Gasteiger partial charge in [-0.2, -0.15) is 5.26 Å². The fourth-order valence-electron chi connectivity index (χ4n) is 3.24. The molecule has 0 radical (unpaired) electrons. The highest BCUT2D eigenvalue weighted by Gasteiger charge is 2.29. The third kappa shape index (κ3) is 4.67. The molecule has 0 spiro atoms. The number of rotatable bonds is 6. The van der Waals surface area contributed by atoms with Crippen LogP contribution < -0.4 is 4.90 Å². The van der Waals surface area contributed by atoms with E-state index in [2.05, 4.69) is 21.1 Å². The number of nitrogens with zero attached hydrogens (tertiary/aromatic N) is 7. The van der Waals surface area contributed by atoms with Crippen molar-refractivity contribution in [3.8, 4) is 6.07 Å². The minimum atomic E-state index is -0.00393. The lowest BCUT2D eigenvalue weighted by atomic mass is 10.1. The molecule has 1 aliphatic heterocycles. The molecule has 2 rings (SSSR count). The van der Waals surface area contributed by atoms with E-state index in [0.29, 0.717) is 55.4 Å². The highest BCUT2D eigenvalue weighted by atomic mass is 16.5. The second-order valence-electron chi connectivity index (χ2n) is 6.84. The fraction of sp³-hybridized carbons (Fsp3) is 0.611. The Morgan fingerprint density at radius 1 is 1.56 bits per heavy atom. The van der Waals surface area contributed by atoms with Crippen LogP contribution in [0.25, 0.3) is 10.4 Å². The molecule has 1 saturated heterocycles. The highest BCUT2D eigenvalue weighted by Crippen LogP contribution is 2.32. The maximum atomic E-state index is 12.3. The van der Waals surface area contributed by atoms with Gasteiger partial charge in [-0.15, -0.1) is 0 Å². The molecule has 2 heterocycles. The Bertz CT molecular complexity index is 781.